The molecule has 2 N–H and O–H groups in total. The first kappa shape index (κ1) is 12.9. The van der Waals surface area contributed by atoms with Gasteiger partial charge in [-0.2, -0.15) is 0 Å². The number of anilines is 1. The van der Waals surface area contributed by atoms with Crippen LogP contribution in [0.15, 0.2) is 24.3 Å². The topological polar surface area (TPSA) is 50.4 Å². The van der Waals surface area contributed by atoms with Gasteiger partial charge >= 0.3 is 0 Å². The molecule has 102 valence electrons. The second-order valence-corrected chi connectivity index (χ2v) is 5.59. The molecular weight excluding hydrogens is 264 g/mol. The van der Waals surface area contributed by atoms with Crippen LogP contribution in [0.5, 0.6) is 0 Å². The number of hydrogen-bond acceptors (Lipinski definition) is 3. The minimum Gasteiger partial charge on any atom is -0.373 e. The van der Waals surface area contributed by atoms with Crippen LogP contribution in [0, 0.1) is 0 Å². The van der Waals surface area contributed by atoms with E-state index < -0.39 is 0 Å². The van der Waals surface area contributed by atoms with E-state index in [1.807, 2.05) is 0 Å². The number of benzene rings is 1. The zero-order valence-corrected chi connectivity index (χ0v) is 11.3. The van der Waals surface area contributed by atoms with Crippen LogP contribution in [0.2, 0.25) is 5.02 Å². The molecule has 0 spiro atoms. The van der Waals surface area contributed by atoms with Gasteiger partial charge in [0, 0.05) is 16.8 Å². The van der Waals surface area contributed by atoms with Gasteiger partial charge in [-0.3, -0.25) is 4.79 Å². The molecule has 1 aromatic carbocycles. The van der Waals surface area contributed by atoms with E-state index in [2.05, 4.69) is 10.6 Å². The van der Waals surface area contributed by atoms with Crippen molar-refractivity contribution in [3.8, 4) is 0 Å². The Morgan fingerprint density at radius 2 is 2.11 bits per heavy atom. The van der Waals surface area contributed by atoms with E-state index in [0.29, 0.717) is 29.8 Å². The number of carbonyl (C=O) groups is 1. The largest absolute Gasteiger partial charge is 0.373 e. The highest BCUT2D eigenvalue weighted by Gasteiger charge is 2.40. The van der Waals surface area contributed by atoms with Gasteiger partial charge in [-0.15, -0.1) is 0 Å². The van der Waals surface area contributed by atoms with Crippen LogP contribution in [0.3, 0.4) is 0 Å². The maximum absolute atomic E-state index is 11.8. The second kappa shape index (κ2) is 5.49. The molecule has 1 amide bonds. The van der Waals surface area contributed by atoms with Gasteiger partial charge in [0.15, 0.2) is 0 Å². The molecular formula is C14H17ClN2O2. The molecule has 2 bridgehead atoms. The Bertz CT molecular complexity index is 463. The fourth-order valence-electron chi connectivity index (χ4n) is 2.81. The van der Waals surface area contributed by atoms with Crippen molar-refractivity contribution in [1.29, 1.82) is 0 Å². The minimum atomic E-state index is -0.0369. The summed E-state index contributed by atoms with van der Waals surface area (Å²) < 4.78 is 5.74. The van der Waals surface area contributed by atoms with Gasteiger partial charge in [0.1, 0.15) is 0 Å². The smallest absolute Gasteiger partial charge is 0.238 e. The van der Waals surface area contributed by atoms with E-state index in [1.165, 1.54) is 6.42 Å². The Balaban J connectivity index is 1.45. The Labute approximate surface area is 117 Å². The number of nitrogens with one attached hydrogen (secondary N) is 2. The third kappa shape index (κ3) is 3.08. The lowest BCUT2D eigenvalue weighted by atomic mass is 9.95. The quantitative estimate of drug-likeness (QED) is 0.889. The fraction of sp³-hybridized carbons (Fsp3) is 0.500. The van der Waals surface area contributed by atoms with Crippen LogP contribution < -0.4 is 10.6 Å². The van der Waals surface area contributed by atoms with Crippen LogP contribution in [0.4, 0.5) is 5.69 Å². The summed E-state index contributed by atoms with van der Waals surface area (Å²) in [6, 6.07) is 7.43. The lowest BCUT2D eigenvalue weighted by Crippen LogP contribution is -2.41. The first-order chi connectivity index (χ1) is 9.20. The number of hydrogen-bond donors (Lipinski definition) is 2. The second-order valence-electron chi connectivity index (χ2n) is 5.15. The summed E-state index contributed by atoms with van der Waals surface area (Å²) in [5.74, 6) is -0.0369. The van der Waals surface area contributed by atoms with Gasteiger partial charge in [-0.05, 0) is 43.5 Å². The summed E-state index contributed by atoms with van der Waals surface area (Å²) >= 11 is 5.79. The number of carbonyl (C=O) groups excluding carboxylic acids is 1. The van der Waals surface area contributed by atoms with Gasteiger partial charge in [0.25, 0.3) is 0 Å². The zero-order valence-electron chi connectivity index (χ0n) is 10.6. The average Bonchev–Trinajstić information content (AvgIpc) is 3.01. The summed E-state index contributed by atoms with van der Waals surface area (Å²) in [6.45, 7) is 0.319. The molecule has 2 aliphatic rings. The third-order valence-corrected chi connectivity index (χ3v) is 4.01. The van der Waals surface area contributed by atoms with Gasteiger partial charge in [-0.25, -0.2) is 0 Å². The third-order valence-electron chi connectivity index (χ3n) is 3.76. The Kier molecular flexibility index (Phi) is 3.73. The van der Waals surface area contributed by atoms with E-state index in [0.717, 1.165) is 18.5 Å². The molecule has 5 heteroatoms. The molecule has 0 aromatic heterocycles. The summed E-state index contributed by atoms with van der Waals surface area (Å²) in [5, 5.41) is 6.78. The Hall–Kier alpha value is -1.10. The summed E-state index contributed by atoms with van der Waals surface area (Å²) in [7, 11) is 0. The van der Waals surface area contributed by atoms with Crippen molar-refractivity contribution in [2.45, 2.75) is 37.5 Å². The molecule has 1 aromatic rings. The number of ether oxygens (including phenoxy) is 1. The van der Waals surface area contributed by atoms with Crippen LogP contribution in [0.25, 0.3) is 0 Å². The van der Waals surface area contributed by atoms with Crippen LogP contribution >= 0.6 is 11.6 Å². The number of fused-ring (bicyclic) bond motifs is 2. The number of halogens is 1. The standard InChI is InChI=1S/C14H17ClN2O2/c15-9-1-3-10(4-2-9)17-14(18)8-16-12-7-11-5-6-13(12)19-11/h1-4,11-13,16H,5-8H2,(H,17,18). The van der Waals surface area contributed by atoms with Crippen molar-refractivity contribution >= 4 is 23.2 Å². The molecule has 3 unspecified atom stereocenters. The molecule has 0 saturated carbocycles. The van der Waals surface area contributed by atoms with E-state index >= 15 is 0 Å². The first-order valence-electron chi connectivity index (χ1n) is 6.65. The normalized spacial score (nSPS) is 28.6. The van der Waals surface area contributed by atoms with Crippen molar-refractivity contribution in [2.24, 2.45) is 0 Å². The van der Waals surface area contributed by atoms with E-state index in [9.17, 15) is 4.79 Å². The summed E-state index contributed by atoms with van der Waals surface area (Å²) in [5.41, 5.74) is 0.764. The zero-order chi connectivity index (χ0) is 13.2. The van der Waals surface area contributed by atoms with E-state index in [-0.39, 0.29) is 5.91 Å². The van der Waals surface area contributed by atoms with Crippen molar-refractivity contribution < 1.29 is 9.53 Å². The van der Waals surface area contributed by atoms with Gasteiger partial charge in [-0.1, -0.05) is 11.6 Å². The molecule has 19 heavy (non-hydrogen) atoms. The van der Waals surface area contributed by atoms with Crippen molar-refractivity contribution in [2.75, 3.05) is 11.9 Å². The number of rotatable bonds is 4. The molecule has 3 atom stereocenters. The maximum atomic E-state index is 11.8. The van der Waals surface area contributed by atoms with Crippen molar-refractivity contribution in [1.82, 2.24) is 5.32 Å². The SMILES string of the molecule is O=C(CNC1CC2CCC1O2)Nc1ccc(Cl)cc1. The van der Waals surface area contributed by atoms with E-state index in [4.69, 9.17) is 16.3 Å². The summed E-state index contributed by atoms with van der Waals surface area (Å²) in [6.07, 6.45) is 4.01. The Morgan fingerprint density at radius 1 is 1.32 bits per heavy atom. The molecule has 0 aliphatic carbocycles. The molecule has 2 aliphatic heterocycles. The molecule has 2 heterocycles. The van der Waals surface area contributed by atoms with Crippen LogP contribution in [0.1, 0.15) is 19.3 Å². The van der Waals surface area contributed by atoms with Crippen LogP contribution in [-0.2, 0) is 9.53 Å². The van der Waals surface area contributed by atoms with Crippen molar-refractivity contribution in [3.63, 3.8) is 0 Å². The van der Waals surface area contributed by atoms with Crippen molar-refractivity contribution in [3.05, 3.63) is 29.3 Å². The predicted octanol–water partition coefficient (Wildman–Crippen LogP) is 2.19. The van der Waals surface area contributed by atoms with Crippen LogP contribution in [-0.4, -0.2) is 30.7 Å². The lowest BCUT2D eigenvalue weighted by molar-refractivity contribution is -0.115. The highest BCUT2D eigenvalue weighted by molar-refractivity contribution is 6.30. The molecule has 0 radical (unpaired) electrons. The molecule has 4 nitrogen and oxygen atoms in total. The molecule has 2 saturated heterocycles. The molecule has 3 rings (SSSR count). The lowest BCUT2D eigenvalue weighted by Gasteiger charge is -2.19. The predicted molar refractivity (Wildman–Crippen MR) is 74.4 cm³/mol. The maximum Gasteiger partial charge on any atom is 0.238 e. The van der Waals surface area contributed by atoms with Gasteiger partial charge < -0.3 is 15.4 Å². The Morgan fingerprint density at radius 3 is 2.74 bits per heavy atom. The number of amides is 1. The fourth-order valence-corrected chi connectivity index (χ4v) is 2.94. The first-order valence-corrected chi connectivity index (χ1v) is 7.03. The van der Waals surface area contributed by atoms with E-state index in [1.54, 1.807) is 24.3 Å². The summed E-state index contributed by atoms with van der Waals surface area (Å²) in [4.78, 5) is 11.8. The average molecular weight is 281 g/mol. The monoisotopic (exact) mass is 280 g/mol. The van der Waals surface area contributed by atoms with Gasteiger partial charge in [0.05, 0.1) is 18.8 Å². The van der Waals surface area contributed by atoms with Gasteiger partial charge in [0.2, 0.25) is 5.91 Å². The molecule has 2 fully saturated rings. The minimum absolute atomic E-state index is 0.0369. The highest BCUT2D eigenvalue weighted by atomic mass is 35.5. The highest BCUT2D eigenvalue weighted by Crippen LogP contribution is 2.34.